The Labute approximate surface area is 186 Å². The van der Waals surface area contributed by atoms with Crippen molar-refractivity contribution in [3.63, 3.8) is 0 Å². The molecule has 0 saturated heterocycles. The van der Waals surface area contributed by atoms with E-state index in [9.17, 15) is 0 Å². The SMILES string of the molecule is COCCn1cc(-c2nc([C@](C)(c3ccc(-c4cnc(N)nc4)cc3)C(C)C)no2)cn1. The van der Waals surface area contributed by atoms with Gasteiger partial charge in [0.2, 0.25) is 5.95 Å². The Balaban J connectivity index is 1.63. The van der Waals surface area contributed by atoms with Crippen molar-refractivity contribution in [2.24, 2.45) is 5.92 Å². The molecule has 9 heteroatoms. The fraction of sp³-hybridized carbons (Fsp3) is 0.348. The normalized spacial score (nSPS) is 13.4. The Kier molecular flexibility index (Phi) is 6.00. The summed E-state index contributed by atoms with van der Waals surface area (Å²) in [6.07, 6.45) is 7.05. The summed E-state index contributed by atoms with van der Waals surface area (Å²) in [5.74, 6) is 1.57. The first-order chi connectivity index (χ1) is 15.4. The highest BCUT2D eigenvalue weighted by atomic mass is 16.5. The predicted octanol–water partition coefficient (Wildman–Crippen LogP) is 3.58. The van der Waals surface area contributed by atoms with Gasteiger partial charge in [-0.2, -0.15) is 10.1 Å². The number of ether oxygens (including phenoxy) is 1. The van der Waals surface area contributed by atoms with Gasteiger partial charge in [0, 0.05) is 31.3 Å². The number of nitrogens with zero attached hydrogens (tertiary/aromatic N) is 6. The fourth-order valence-corrected chi connectivity index (χ4v) is 3.55. The minimum Gasteiger partial charge on any atom is -0.383 e. The van der Waals surface area contributed by atoms with E-state index in [1.165, 1.54) is 0 Å². The molecule has 4 rings (SSSR count). The maximum atomic E-state index is 5.62. The lowest BCUT2D eigenvalue weighted by atomic mass is 9.72. The summed E-state index contributed by atoms with van der Waals surface area (Å²) in [4.78, 5) is 12.9. The molecular formula is C23H27N7O2. The third-order valence-corrected chi connectivity index (χ3v) is 5.94. The summed E-state index contributed by atoms with van der Waals surface area (Å²) in [5, 5.41) is 8.67. The van der Waals surface area contributed by atoms with Gasteiger partial charge in [0.15, 0.2) is 5.82 Å². The van der Waals surface area contributed by atoms with Crippen LogP contribution in [0.25, 0.3) is 22.6 Å². The molecule has 1 aromatic carbocycles. The van der Waals surface area contributed by atoms with Gasteiger partial charge in [-0.05, 0) is 24.0 Å². The van der Waals surface area contributed by atoms with Crippen molar-refractivity contribution < 1.29 is 9.26 Å². The zero-order valence-electron chi connectivity index (χ0n) is 18.7. The predicted molar refractivity (Wildman–Crippen MR) is 121 cm³/mol. The second kappa shape index (κ2) is 8.88. The highest BCUT2D eigenvalue weighted by molar-refractivity contribution is 5.62. The molecule has 0 aliphatic heterocycles. The van der Waals surface area contributed by atoms with Gasteiger partial charge in [0.25, 0.3) is 5.89 Å². The summed E-state index contributed by atoms with van der Waals surface area (Å²) < 4.78 is 12.5. The van der Waals surface area contributed by atoms with Gasteiger partial charge >= 0.3 is 0 Å². The molecular weight excluding hydrogens is 406 g/mol. The monoisotopic (exact) mass is 433 g/mol. The van der Waals surface area contributed by atoms with Crippen LogP contribution in [0.2, 0.25) is 0 Å². The van der Waals surface area contributed by atoms with E-state index in [-0.39, 0.29) is 11.9 Å². The summed E-state index contributed by atoms with van der Waals surface area (Å²) in [6, 6.07) is 8.27. The Bertz CT molecular complexity index is 1170. The number of hydrogen-bond donors (Lipinski definition) is 1. The number of aromatic nitrogens is 6. The van der Waals surface area contributed by atoms with Crippen molar-refractivity contribution in [3.05, 3.63) is 60.4 Å². The van der Waals surface area contributed by atoms with Gasteiger partial charge in [-0.25, -0.2) is 9.97 Å². The van der Waals surface area contributed by atoms with Crippen molar-refractivity contribution in [1.82, 2.24) is 29.9 Å². The lowest BCUT2D eigenvalue weighted by Crippen LogP contribution is -2.31. The van der Waals surface area contributed by atoms with Crippen molar-refractivity contribution in [3.8, 4) is 22.6 Å². The number of methoxy groups -OCH3 is 1. The molecule has 3 heterocycles. The van der Waals surface area contributed by atoms with E-state index in [0.29, 0.717) is 24.9 Å². The molecule has 1 atom stereocenters. The highest BCUT2D eigenvalue weighted by Crippen LogP contribution is 2.38. The standard InChI is InChI=1S/C23H27N7O2/c1-15(2)23(3,19-7-5-16(6-8-19)17-11-25-22(24)26-12-17)21-28-20(32-29-21)18-13-27-30(14-18)9-10-31-4/h5-8,11-15H,9-10H2,1-4H3,(H2,24,25,26)/t23-/m0/s1. The van der Waals surface area contributed by atoms with Gasteiger partial charge in [0.1, 0.15) is 0 Å². The second-order valence-corrected chi connectivity index (χ2v) is 8.17. The Morgan fingerprint density at radius 3 is 2.44 bits per heavy atom. The van der Waals surface area contributed by atoms with E-state index in [1.807, 2.05) is 18.3 Å². The van der Waals surface area contributed by atoms with Crippen molar-refractivity contribution in [1.29, 1.82) is 0 Å². The molecule has 9 nitrogen and oxygen atoms in total. The quantitative estimate of drug-likeness (QED) is 0.448. The fourth-order valence-electron chi connectivity index (χ4n) is 3.55. The average molecular weight is 434 g/mol. The third-order valence-electron chi connectivity index (χ3n) is 5.94. The van der Waals surface area contributed by atoms with Crippen molar-refractivity contribution >= 4 is 5.95 Å². The van der Waals surface area contributed by atoms with Crippen LogP contribution >= 0.6 is 0 Å². The van der Waals surface area contributed by atoms with Crippen LogP contribution < -0.4 is 5.73 Å². The van der Waals surface area contributed by atoms with Crippen molar-refractivity contribution in [2.75, 3.05) is 19.5 Å². The van der Waals surface area contributed by atoms with Gasteiger partial charge < -0.3 is 15.0 Å². The lowest BCUT2D eigenvalue weighted by molar-refractivity contribution is 0.183. The van der Waals surface area contributed by atoms with Gasteiger partial charge in [-0.1, -0.05) is 43.3 Å². The maximum Gasteiger partial charge on any atom is 0.261 e. The molecule has 3 aromatic heterocycles. The van der Waals surface area contributed by atoms with Gasteiger partial charge in [0.05, 0.1) is 30.3 Å². The first-order valence-electron chi connectivity index (χ1n) is 10.5. The number of benzene rings is 1. The highest BCUT2D eigenvalue weighted by Gasteiger charge is 2.37. The van der Waals surface area contributed by atoms with Gasteiger partial charge in [-0.15, -0.1) is 0 Å². The van der Waals surface area contributed by atoms with E-state index in [2.05, 4.69) is 53.1 Å². The van der Waals surface area contributed by atoms with Crippen molar-refractivity contribution in [2.45, 2.75) is 32.7 Å². The zero-order chi connectivity index (χ0) is 22.7. The summed E-state index contributed by atoms with van der Waals surface area (Å²) >= 11 is 0. The molecule has 32 heavy (non-hydrogen) atoms. The Hall–Kier alpha value is -3.59. The minimum atomic E-state index is -0.441. The summed E-state index contributed by atoms with van der Waals surface area (Å²) in [5.41, 5.74) is 8.95. The number of nitrogens with two attached hydrogens (primary N) is 1. The number of nitrogen functional groups attached to an aromatic ring is 1. The molecule has 0 unspecified atom stereocenters. The molecule has 0 aliphatic carbocycles. The molecule has 0 aliphatic rings. The first-order valence-corrected chi connectivity index (χ1v) is 10.5. The molecule has 0 bridgehead atoms. The van der Waals surface area contributed by atoms with E-state index in [0.717, 1.165) is 22.3 Å². The van der Waals surface area contributed by atoms with Crippen LogP contribution in [-0.2, 0) is 16.7 Å². The van der Waals surface area contributed by atoms with E-state index >= 15 is 0 Å². The molecule has 166 valence electrons. The smallest absolute Gasteiger partial charge is 0.261 e. The van der Waals surface area contributed by atoms with Gasteiger partial charge in [-0.3, -0.25) is 4.68 Å². The first kappa shape index (κ1) is 21.6. The lowest BCUT2D eigenvalue weighted by Gasteiger charge is -2.31. The Morgan fingerprint density at radius 2 is 1.78 bits per heavy atom. The van der Waals surface area contributed by atoms with Crippen LogP contribution in [0.3, 0.4) is 0 Å². The molecule has 4 aromatic rings. The molecule has 0 spiro atoms. The molecule has 0 radical (unpaired) electrons. The third kappa shape index (κ3) is 4.11. The summed E-state index contributed by atoms with van der Waals surface area (Å²) in [7, 11) is 1.66. The van der Waals surface area contributed by atoms with E-state index < -0.39 is 5.41 Å². The number of hydrogen-bond acceptors (Lipinski definition) is 8. The molecule has 0 saturated carbocycles. The Morgan fingerprint density at radius 1 is 1.06 bits per heavy atom. The zero-order valence-corrected chi connectivity index (χ0v) is 18.7. The van der Waals surface area contributed by atoms with Crippen LogP contribution in [0.1, 0.15) is 32.2 Å². The van der Waals surface area contributed by atoms with Crippen LogP contribution in [0.4, 0.5) is 5.95 Å². The van der Waals surface area contributed by atoms with E-state index in [4.69, 9.17) is 20.0 Å². The van der Waals surface area contributed by atoms with Crippen LogP contribution in [0, 0.1) is 5.92 Å². The molecule has 0 amide bonds. The number of rotatable bonds is 8. The largest absolute Gasteiger partial charge is 0.383 e. The molecule has 0 fully saturated rings. The minimum absolute atomic E-state index is 0.225. The summed E-state index contributed by atoms with van der Waals surface area (Å²) in [6.45, 7) is 7.68. The molecule has 2 N–H and O–H groups in total. The van der Waals surface area contributed by atoms with E-state index in [1.54, 1.807) is 30.4 Å². The maximum absolute atomic E-state index is 5.62. The van der Waals surface area contributed by atoms with Crippen LogP contribution in [0.5, 0.6) is 0 Å². The van der Waals surface area contributed by atoms with Crippen LogP contribution in [0.15, 0.2) is 53.6 Å². The average Bonchev–Trinajstić information content (AvgIpc) is 3.47. The number of anilines is 1. The van der Waals surface area contributed by atoms with Crippen LogP contribution in [-0.4, -0.2) is 43.6 Å². The second-order valence-electron chi connectivity index (χ2n) is 8.17. The topological polar surface area (TPSA) is 118 Å².